The maximum Gasteiger partial charge on any atom is 0.294 e. The van der Waals surface area contributed by atoms with Crippen molar-refractivity contribution in [2.45, 2.75) is 37.3 Å². The second kappa shape index (κ2) is 9.70. The van der Waals surface area contributed by atoms with E-state index in [4.69, 9.17) is 14.3 Å². The van der Waals surface area contributed by atoms with Crippen molar-refractivity contribution in [3.05, 3.63) is 46.6 Å². The van der Waals surface area contributed by atoms with E-state index in [0.29, 0.717) is 6.61 Å². The van der Waals surface area contributed by atoms with Crippen molar-refractivity contribution in [3.8, 4) is 0 Å². The number of fused-ring (bicyclic) bond motifs is 2. The lowest BCUT2D eigenvalue weighted by Crippen LogP contribution is -2.54. The standard InChI is InChI=1S/C21H28N4O5.ClH/c26-25(27)30-19-15-29-20-18(14-28-21(19)20)24-12-10-22(11-13-24)7-3-8-23-9-6-16-4-1-2-5-17(16)23;/h1-2,4-6,9,18-21H,3,7-8,10-15H2;1H/t18-,19-,20+,21+;/m0./s1. The summed E-state index contributed by atoms with van der Waals surface area (Å²) in [6, 6.07) is 10.8. The van der Waals surface area contributed by atoms with E-state index in [9.17, 15) is 10.1 Å². The van der Waals surface area contributed by atoms with Gasteiger partial charge in [0, 0.05) is 44.4 Å². The topological polar surface area (TPSA) is 82.2 Å². The summed E-state index contributed by atoms with van der Waals surface area (Å²) in [7, 11) is 0. The minimum atomic E-state index is -0.748. The fourth-order valence-corrected chi connectivity index (χ4v) is 5.08. The van der Waals surface area contributed by atoms with Gasteiger partial charge in [0.25, 0.3) is 5.09 Å². The van der Waals surface area contributed by atoms with Gasteiger partial charge in [-0.2, -0.15) is 0 Å². The highest BCUT2D eigenvalue weighted by molar-refractivity contribution is 5.85. The molecular weight excluding hydrogens is 424 g/mol. The summed E-state index contributed by atoms with van der Waals surface area (Å²) in [4.78, 5) is 20.3. The van der Waals surface area contributed by atoms with E-state index in [1.165, 1.54) is 10.9 Å². The first-order chi connectivity index (χ1) is 14.7. The van der Waals surface area contributed by atoms with Crippen LogP contribution in [0.4, 0.5) is 0 Å². The molecule has 3 aliphatic rings. The molecule has 2 aromatic rings. The largest absolute Gasteiger partial charge is 0.371 e. The Morgan fingerprint density at radius 3 is 2.61 bits per heavy atom. The SMILES string of the molecule is Cl.O=[N+]([O-])O[C@H]1CO[C@H]2[C@@H]1OC[C@@H]2N1CCN(CCCn2ccc3ccccc32)CC1. The van der Waals surface area contributed by atoms with Crippen LogP contribution < -0.4 is 0 Å². The normalized spacial score (nSPS) is 29.0. The van der Waals surface area contributed by atoms with Crippen molar-refractivity contribution in [2.24, 2.45) is 0 Å². The second-order valence-electron chi connectivity index (χ2n) is 8.33. The van der Waals surface area contributed by atoms with E-state index in [1.807, 2.05) is 0 Å². The Morgan fingerprint density at radius 2 is 1.81 bits per heavy atom. The van der Waals surface area contributed by atoms with Crippen molar-refractivity contribution in [1.82, 2.24) is 14.4 Å². The molecule has 0 spiro atoms. The zero-order valence-corrected chi connectivity index (χ0v) is 18.2. The molecule has 0 bridgehead atoms. The van der Waals surface area contributed by atoms with Gasteiger partial charge in [-0.05, 0) is 30.5 Å². The van der Waals surface area contributed by atoms with Gasteiger partial charge in [-0.25, -0.2) is 0 Å². The minimum absolute atomic E-state index is 0. The molecule has 5 rings (SSSR count). The van der Waals surface area contributed by atoms with Crippen LogP contribution in [0, 0.1) is 10.1 Å². The van der Waals surface area contributed by atoms with Crippen LogP contribution in [-0.2, 0) is 20.9 Å². The average molecular weight is 453 g/mol. The molecule has 170 valence electrons. The predicted molar refractivity (Wildman–Crippen MR) is 117 cm³/mol. The van der Waals surface area contributed by atoms with Crippen LogP contribution in [0.2, 0.25) is 0 Å². The van der Waals surface area contributed by atoms with Gasteiger partial charge in [-0.1, -0.05) is 18.2 Å². The average Bonchev–Trinajstić information content (AvgIpc) is 3.45. The Hall–Kier alpha value is -1.91. The van der Waals surface area contributed by atoms with Crippen LogP contribution in [0.1, 0.15) is 6.42 Å². The smallest absolute Gasteiger partial charge is 0.294 e. The monoisotopic (exact) mass is 452 g/mol. The third-order valence-electron chi connectivity index (χ3n) is 6.63. The lowest BCUT2D eigenvalue weighted by atomic mass is 10.1. The summed E-state index contributed by atoms with van der Waals surface area (Å²) < 4.78 is 14.0. The van der Waals surface area contributed by atoms with E-state index in [-0.39, 0.29) is 37.3 Å². The number of halogens is 1. The lowest BCUT2D eigenvalue weighted by molar-refractivity contribution is -0.769. The third kappa shape index (κ3) is 4.65. The van der Waals surface area contributed by atoms with Gasteiger partial charge in [0.15, 0.2) is 6.10 Å². The van der Waals surface area contributed by atoms with E-state index >= 15 is 0 Å². The highest BCUT2D eigenvalue weighted by Crippen LogP contribution is 2.32. The number of hydrogen-bond acceptors (Lipinski definition) is 7. The number of hydrogen-bond donors (Lipinski definition) is 0. The zero-order valence-electron chi connectivity index (χ0n) is 17.4. The molecule has 0 radical (unpaired) electrons. The second-order valence-corrected chi connectivity index (χ2v) is 8.33. The molecule has 0 N–H and O–H groups in total. The Bertz CT molecular complexity index is 888. The highest BCUT2D eigenvalue weighted by Gasteiger charge is 2.51. The molecule has 0 amide bonds. The molecule has 1 aromatic heterocycles. The Kier molecular flexibility index (Phi) is 6.98. The first-order valence-electron chi connectivity index (χ1n) is 10.7. The van der Waals surface area contributed by atoms with Gasteiger partial charge in [0.1, 0.15) is 12.2 Å². The van der Waals surface area contributed by atoms with Gasteiger partial charge in [0.2, 0.25) is 0 Å². The van der Waals surface area contributed by atoms with Crippen molar-refractivity contribution in [3.63, 3.8) is 0 Å². The first kappa shape index (κ1) is 22.3. The molecule has 3 aliphatic heterocycles. The van der Waals surface area contributed by atoms with Gasteiger partial charge in [-0.15, -0.1) is 22.5 Å². The molecule has 3 fully saturated rings. The van der Waals surface area contributed by atoms with Crippen LogP contribution in [-0.4, -0.2) is 89.7 Å². The summed E-state index contributed by atoms with van der Waals surface area (Å²) in [5.41, 5.74) is 1.30. The lowest BCUT2D eigenvalue weighted by Gasteiger charge is -2.38. The van der Waals surface area contributed by atoms with E-state index in [2.05, 4.69) is 50.9 Å². The number of benzene rings is 1. The predicted octanol–water partition coefficient (Wildman–Crippen LogP) is 1.81. The number of nitrogens with zero attached hydrogens (tertiary/aromatic N) is 4. The molecule has 0 saturated carbocycles. The maximum atomic E-state index is 10.6. The molecule has 0 aliphatic carbocycles. The number of para-hydroxylation sites is 1. The molecule has 31 heavy (non-hydrogen) atoms. The van der Waals surface area contributed by atoms with E-state index in [0.717, 1.165) is 45.7 Å². The summed E-state index contributed by atoms with van der Waals surface area (Å²) in [6.07, 6.45) is 2.22. The quantitative estimate of drug-likeness (QED) is 0.468. The van der Waals surface area contributed by atoms with Crippen molar-refractivity contribution >= 4 is 23.3 Å². The fraction of sp³-hybridized carbons (Fsp3) is 0.619. The van der Waals surface area contributed by atoms with Crippen LogP contribution in [0.25, 0.3) is 10.9 Å². The number of aryl methyl sites for hydroxylation is 1. The Labute approximate surface area is 187 Å². The zero-order chi connectivity index (χ0) is 20.5. The fourth-order valence-electron chi connectivity index (χ4n) is 5.08. The van der Waals surface area contributed by atoms with Gasteiger partial charge >= 0.3 is 0 Å². The molecule has 1 aromatic carbocycles. The molecular formula is C21H29ClN4O5. The van der Waals surface area contributed by atoms with Gasteiger partial charge in [0.05, 0.1) is 19.3 Å². The van der Waals surface area contributed by atoms with Crippen LogP contribution in [0.15, 0.2) is 36.5 Å². The summed E-state index contributed by atoms with van der Waals surface area (Å²) in [6.45, 7) is 6.86. The number of aromatic nitrogens is 1. The summed E-state index contributed by atoms with van der Waals surface area (Å²) in [5.74, 6) is 0. The van der Waals surface area contributed by atoms with Crippen LogP contribution in [0.3, 0.4) is 0 Å². The highest BCUT2D eigenvalue weighted by atomic mass is 35.5. The Balaban J connectivity index is 0.00000231. The third-order valence-corrected chi connectivity index (χ3v) is 6.63. The number of piperazine rings is 1. The van der Waals surface area contributed by atoms with Gasteiger partial charge < -0.3 is 23.8 Å². The number of ether oxygens (including phenoxy) is 2. The molecule has 4 atom stereocenters. The van der Waals surface area contributed by atoms with Crippen LogP contribution >= 0.6 is 12.4 Å². The summed E-state index contributed by atoms with van der Waals surface area (Å²) >= 11 is 0. The number of rotatable bonds is 7. The maximum absolute atomic E-state index is 10.6. The first-order valence-corrected chi connectivity index (χ1v) is 10.7. The molecule has 9 nitrogen and oxygen atoms in total. The molecule has 4 heterocycles. The van der Waals surface area contributed by atoms with Gasteiger partial charge in [-0.3, -0.25) is 4.90 Å². The summed E-state index contributed by atoms with van der Waals surface area (Å²) in [5, 5.41) is 11.2. The Morgan fingerprint density at radius 1 is 1.03 bits per heavy atom. The van der Waals surface area contributed by atoms with E-state index < -0.39 is 11.2 Å². The van der Waals surface area contributed by atoms with Crippen LogP contribution in [0.5, 0.6) is 0 Å². The van der Waals surface area contributed by atoms with Crippen molar-refractivity contribution in [2.75, 3.05) is 45.9 Å². The molecule has 3 saturated heterocycles. The molecule has 0 unspecified atom stereocenters. The van der Waals surface area contributed by atoms with E-state index in [1.54, 1.807) is 0 Å². The van der Waals surface area contributed by atoms with Crippen molar-refractivity contribution in [1.29, 1.82) is 0 Å². The molecule has 10 heteroatoms. The minimum Gasteiger partial charge on any atom is -0.371 e. The van der Waals surface area contributed by atoms with Crippen molar-refractivity contribution < 1.29 is 19.4 Å².